The van der Waals surface area contributed by atoms with Crippen LogP contribution in [0.4, 0.5) is 0 Å². The minimum atomic E-state index is -0.395. The summed E-state index contributed by atoms with van der Waals surface area (Å²) in [5, 5.41) is 9.19. The highest BCUT2D eigenvalue weighted by Gasteiger charge is 2.49. The molecule has 96 valence electrons. The number of rotatable bonds is 2. The molecule has 4 nitrogen and oxygen atoms in total. The summed E-state index contributed by atoms with van der Waals surface area (Å²) in [4.78, 5) is 12.2. The predicted molar refractivity (Wildman–Crippen MR) is 63.0 cm³/mol. The van der Waals surface area contributed by atoms with E-state index < -0.39 is 6.29 Å². The fraction of sp³-hybridized carbons (Fsp3) is 0.714. The third kappa shape index (κ3) is 1.93. The van der Waals surface area contributed by atoms with Crippen molar-refractivity contribution in [2.24, 2.45) is 23.7 Å². The second-order valence-electron chi connectivity index (χ2n) is 5.36. The summed E-state index contributed by atoms with van der Waals surface area (Å²) in [6, 6.07) is 2.27. The Bertz CT molecular complexity index is 406. The Balaban J connectivity index is 1.65. The maximum atomic E-state index is 12.2. The first kappa shape index (κ1) is 11.7. The number of carbonyl (C=O) groups is 1. The van der Waals surface area contributed by atoms with Gasteiger partial charge in [-0.15, -0.1) is 0 Å². The molecule has 0 aromatic rings. The molecule has 2 fully saturated rings. The van der Waals surface area contributed by atoms with Crippen LogP contribution >= 0.6 is 0 Å². The molecule has 3 rings (SSSR count). The van der Waals surface area contributed by atoms with Gasteiger partial charge in [-0.1, -0.05) is 12.2 Å². The van der Waals surface area contributed by atoms with Gasteiger partial charge < -0.3 is 9.47 Å². The summed E-state index contributed by atoms with van der Waals surface area (Å²) in [6.07, 6.45) is 7.50. The maximum Gasteiger partial charge on any atom is 0.313 e. The van der Waals surface area contributed by atoms with Crippen LogP contribution in [0.1, 0.15) is 25.7 Å². The van der Waals surface area contributed by atoms with Gasteiger partial charge in [-0.2, -0.15) is 5.26 Å². The van der Waals surface area contributed by atoms with Gasteiger partial charge in [-0.05, 0) is 31.1 Å². The number of ether oxygens (including phenoxy) is 2. The van der Waals surface area contributed by atoms with E-state index in [-0.39, 0.29) is 29.6 Å². The van der Waals surface area contributed by atoms with Crippen molar-refractivity contribution < 1.29 is 14.3 Å². The first-order chi connectivity index (χ1) is 8.79. The van der Waals surface area contributed by atoms with Crippen LogP contribution in [0, 0.1) is 35.0 Å². The molecule has 0 amide bonds. The predicted octanol–water partition coefficient (Wildman–Crippen LogP) is 2.02. The van der Waals surface area contributed by atoms with E-state index in [0.717, 1.165) is 25.7 Å². The second-order valence-corrected chi connectivity index (χ2v) is 5.36. The average molecular weight is 247 g/mol. The largest absolute Gasteiger partial charge is 0.435 e. The van der Waals surface area contributed by atoms with E-state index in [9.17, 15) is 10.1 Å². The molecule has 0 radical (unpaired) electrons. The molecular weight excluding hydrogens is 230 g/mol. The lowest BCUT2D eigenvalue weighted by molar-refractivity contribution is -0.192. The third-order valence-electron chi connectivity index (χ3n) is 4.27. The molecule has 1 saturated carbocycles. The lowest BCUT2D eigenvalue weighted by Gasteiger charge is -2.26. The summed E-state index contributed by atoms with van der Waals surface area (Å²) in [6.45, 7) is 0.663. The number of esters is 1. The van der Waals surface area contributed by atoms with Gasteiger partial charge in [0.15, 0.2) is 0 Å². The SMILES string of the molecule is N#CC1C2C=CC(C2)C1C(=O)OC1CCCCO1. The normalized spacial score (nSPS) is 41.6. The molecule has 1 aliphatic heterocycles. The van der Waals surface area contributed by atoms with E-state index >= 15 is 0 Å². The molecular formula is C14H17NO3. The van der Waals surface area contributed by atoms with Crippen LogP contribution in [0.2, 0.25) is 0 Å². The molecule has 0 aromatic carbocycles. The Morgan fingerprint density at radius 3 is 2.89 bits per heavy atom. The molecule has 2 bridgehead atoms. The van der Waals surface area contributed by atoms with E-state index in [1.165, 1.54) is 0 Å². The van der Waals surface area contributed by atoms with Crippen LogP contribution in [-0.4, -0.2) is 18.9 Å². The maximum absolute atomic E-state index is 12.2. The van der Waals surface area contributed by atoms with Crippen LogP contribution in [0.3, 0.4) is 0 Å². The zero-order valence-corrected chi connectivity index (χ0v) is 10.2. The van der Waals surface area contributed by atoms with E-state index in [0.29, 0.717) is 6.61 Å². The van der Waals surface area contributed by atoms with Crippen molar-refractivity contribution in [2.75, 3.05) is 6.61 Å². The summed E-state index contributed by atoms with van der Waals surface area (Å²) >= 11 is 0. The van der Waals surface area contributed by atoms with Crippen molar-refractivity contribution in [3.8, 4) is 6.07 Å². The number of nitrogens with zero attached hydrogens (tertiary/aromatic N) is 1. The molecule has 5 atom stereocenters. The molecule has 1 saturated heterocycles. The smallest absolute Gasteiger partial charge is 0.313 e. The molecule has 0 spiro atoms. The standard InChI is InChI=1S/C14H17NO3/c15-8-11-9-4-5-10(7-9)13(11)14(16)18-12-3-1-2-6-17-12/h4-5,9-13H,1-3,6-7H2. The first-order valence-corrected chi connectivity index (χ1v) is 6.69. The van der Waals surface area contributed by atoms with Crippen molar-refractivity contribution in [1.29, 1.82) is 5.26 Å². The van der Waals surface area contributed by atoms with Gasteiger partial charge in [0.2, 0.25) is 6.29 Å². The number of nitriles is 1. The molecule has 2 aliphatic carbocycles. The van der Waals surface area contributed by atoms with Gasteiger partial charge in [-0.25, -0.2) is 0 Å². The zero-order valence-electron chi connectivity index (χ0n) is 10.2. The Kier molecular flexibility index (Phi) is 3.09. The van der Waals surface area contributed by atoms with Crippen LogP contribution in [-0.2, 0) is 14.3 Å². The quantitative estimate of drug-likeness (QED) is 0.553. The van der Waals surface area contributed by atoms with Gasteiger partial charge in [-0.3, -0.25) is 4.79 Å². The number of fused-ring (bicyclic) bond motifs is 2. The monoisotopic (exact) mass is 247 g/mol. The van der Waals surface area contributed by atoms with Crippen LogP contribution in [0.15, 0.2) is 12.2 Å². The van der Waals surface area contributed by atoms with Gasteiger partial charge in [0.1, 0.15) is 0 Å². The number of hydrogen-bond acceptors (Lipinski definition) is 4. The summed E-state index contributed by atoms with van der Waals surface area (Å²) in [7, 11) is 0. The average Bonchev–Trinajstić information content (AvgIpc) is 2.99. The van der Waals surface area contributed by atoms with E-state index in [1.807, 2.05) is 0 Å². The molecule has 5 unspecified atom stereocenters. The van der Waals surface area contributed by atoms with Gasteiger partial charge in [0.25, 0.3) is 0 Å². The van der Waals surface area contributed by atoms with Crippen molar-refractivity contribution in [2.45, 2.75) is 32.0 Å². The molecule has 18 heavy (non-hydrogen) atoms. The minimum Gasteiger partial charge on any atom is -0.435 e. The fourth-order valence-electron chi connectivity index (χ4n) is 3.33. The third-order valence-corrected chi connectivity index (χ3v) is 4.27. The summed E-state index contributed by atoms with van der Waals surface area (Å²) in [5.41, 5.74) is 0. The van der Waals surface area contributed by atoms with Crippen molar-refractivity contribution in [3.63, 3.8) is 0 Å². The van der Waals surface area contributed by atoms with Crippen LogP contribution in [0.25, 0.3) is 0 Å². The Morgan fingerprint density at radius 1 is 1.33 bits per heavy atom. The van der Waals surface area contributed by atoms with Crippen molar-refractivity contribution in [3.05, 3.63) is 12.2 Å². The molecule has 0 N–H and O–H groups in total. The topological polar surface area (TPSA) is 59.3 Å². The van der Waals surface area contributed by atoms with Gasteiger partial charge in [0.05, 0.1) is 24.5 Å². The van der Waals surface area contributed by atoms with Crippen molar-refractivity contribution >= 4 is 5.97 Å². The minimum absolute atomic E-state index is 0.191. The number of allylic oxidation sites excluding steroid dienone is 2. The highest BCUT2D eigenvalue weighted by atomic mass is 16.7. The highest BCUT2D eigenvalue weighted by molar-refractivity contribution is 5.75. The summed E-state index contributed by atoms with van der Waals surface area (Å²) in [5.74, 6) is -0.308. The fourth-order valence-corrected chi connectivity index (χ4v) is 3.33. The molecule has 4 heteroatoms. The Labute approximate surface area is 107 Å². The molecule has 0 aromatic heterocycles. The Hall–Kier alpha value is -1.34. The lowest BCUT2D eigenvalue weighted by Crippen LogP contribution is -2.33. The first-order valence-electron chi connectivity index (χ1n) is 6.69. The lowest BCUT2D eigenvalue weighted by atomic mass is 9.84. The van der Waals surface area contributed by atoms with Crippen molar-refractivity contribution in [1.82, 2.24) is 0 Å². The van der Waals surface area contributed by atoms with E-state index in [2.05, 4.69) is 18.2 Å². The van der Waals surface area contributed by atoms with E-state index in [4.69, 9.17) is 9.47 Å². The van der Waals surface area contributed by atoms with Crippen LogP contribution in [0.5, 0.6) is 0 Å². The zero-order chi connectivity index (χ0) is 12.5. The Morgan fingerprint density at radius 2 is 2.17 bits per heavy atom. The summed E-state index contributed by atoms with van der Waals surface area (Å²) < 4.78 is 10.8. The highest BCUT2D eigenvalue weighted by Crippen LogP contribution is 2.48. The number of carbonyl (C=O) groups excluding carboxylic acids is 1. The molecule has 3 aliphatic rings. The van der Waals surface area contributed by atoms with Gasteiger partial charge >= 0.3 is 5.97 Å². The molecule has 1 heterocycles. The number of hydrogen-bond donors (Lipinski definition) is 0. The van der Waals surface area contributed by atoms with E-state index in [1.54, 1.807) is 0 Å². The van der Waals surface area contributed by atoms with Gasteiger partial charge in [0, 0.05) is 6.42 Å². The van der Waals surface area contributed by atoms with Crippen LogP contribution < -0.4 is 0 Å². The second kappa shape index (κ2) is 4.74.